The van der Waals surface area contributed by atoms with E-state index in [0.717, 1.165) is 23.8 Å². The summed E-state index contributed by atoms with van der Waals surface area (Å²) in [6, 6.07) is 6.11. The van der Waals surface area contributed by atoms with E-state index in [0.29, 0.717) is 5.65 Å². The molecule has 0 atom stereocenters. The minimum atomic E-state index is -0.959. The summed E-state index contributed by atoms with van der Waals surface area (Å²) in [5.41, 5.74) is 8.27. The van der Waals surface area contributed by atoms with Crippen LogP contribution in [0, 0.1) is 20.8 Å². The van der Waals surface area contributed by atoms with Gasteiger partial charge in [-0.25, -0.2) is 9.78 Å². The molecule has 0 aliphatic carbocycles. The number of aromatic carboxylic acids is 1. The number of aryl methyl sites for hydroxylation is 4. The minimum absolute atomic E-state index is 0.185. The highest BCUT2D eigenvalue weighted by Gasteiger charge is 2.16. The number of fused-ring (bicyclic) bond motifs is 1. The highest BCUT2D eigenvalue weighted by atomic mass is 16.4. The average molecular weight is 322 g/mol. The van der Waals surface area contributed by atoms with E-state index in [4.69, 9.17) is 0 Å². The van der Waals surface area contributed by atoms with Crippen LogP contribution in [0.2, 0.25) is 0 Å². The Labute approximate surface area is 141 Å². The van der Waals surface area contributed by atoms with Crippen LogP contribution in [0.5, 0.6) is 0 Å². The number of carbonyl (C=O) groups is 1. The zero-order valence-corrected chi connectivity index (χ0v) is 14.5. The fraction of sp³-hybridized carbons (Fsp3) is 0.300. The van der Waals surface area contributed by atoms with E-state index in [9.17, 15) is 9.90 Å². The van der Waals surface area contributed by atoms with Crippen LogP contribution in [-0.2, 0) is 12.8 Å². The first-order valence-corrected chi connectivity index (χ1v) is 8.20. The summed E-state index contributed by atoms with van der Waals surface area (Å²) in [6.07, 6.45) is 3.52. The van der Waals surface area contributed by atoms with Crippen LogP contribution in [0.25, 0.3) is 11.0 Å². The summed E-state index contributed by atoms with van der Waals surface area (Å²) >= 11 is 0. The number of pyridine rings is 1. The second kappa shape index (κ2) is 6.11. The molecule has 4 nitrogen and oxygen atoms in total. The Hall–Kier alpha value is -2.62. The molecule has 0 saturated carbocycles. The lowest BCUT2D eigenvalue weighted by Gasteiger charge is -2.14. The molecule has 0 saturated heterocycles. The quantitative estimate of drug-likeness (QED) is 0.751. The average Bonchev–Trinajstić information content (AvgIpc) is 2.95. The number of rotatable bonds is 4. The fourth-order valence-corrected chi connectivity index (χ4v) is 3.46. The number of carboxylic acid groups (broad SMARTS) is 1. The van der Waals surface area contributed by atoms with Gasteiger partial charge < -0.3 is 10.1 Å². The molecular weight excluding hydrogens is 300 g/mol. The second-order valence-electron chi connectivity index (χ2n) is 6.42. The van der Waals surface area contributed by atoms with E-state index in [1.54, 1.807) is 6.07 Å². The number of H-pyrrole nitrogens is 1. The Bertz CT molecular complexity index is 915. The fourth-order valence-electron chi connectivity index (χ4n) is 3.46. The first kappa shape index (κ1) is 16.2. The molecule has 0 aliphatic heterocycles. The first-order valence-electron chi connectivity index (χ1n) is 8.20. The molecule has 4 heteroatoms. The molecule has 2 aromatic heterocycles. The van der Waals surface area contributed by atoms with E-state index in [-0.39, 0.29) is 5.69 Å². The molecule has 0 bridgehead atoms. The highest BCUT2D eigenvalue weighted by Crippen LogP contribution is 2.28. The number of benzene rings is 1. The van der Waals surface area contributed by atoms with Gasteiger partial charge in [0, 0.05) is 11.6 Å². The molecule has 2 heterocycles. The van der Waals surface area contributed by atoms with Crippen molar-refractivity contribution in [3.63, 3.8) is 0 Å². The molecular formula is C20H22N2O2. The van der Waals surface area contributed by atoms with Crippen molar-refractivity contribution in [2.75, 3.05) is 0 Å². The molecule has 24 heavy (non-hydrogen) atoms. The van der Waals surface area contributed by atoms with Crippen molar-refractivity contribution < 1.29 is 9.90 Å². The predicted molar refractivity (Wildman–Crippen MR) is 95.9 cm³/mol. The summed E-state index contributed by atoms with van der Waals surface area (Å²) in [7, 11) is 0. The maximum atomic E-state index is 11.3. The van der Waals surface area contributed by atoms with Crippen LogP contribution >= 0.6 is 0 Å². The third kappa shape index (κ3) is 2.80. The third-order valence-electron chi connectivity index (χ3n) is 4.66. The molecule has 0 spiro atoms. The molecule has 3 rings (SSSR count). The largest absolute Gasteiger partial charge is 0.477 e. The zero-order chi connectivity index (χ0) is 17.4. The Kier molecular flexibility index (Phi) is 4.14. The van der Waals surface area contributed by atoms with Crippen LogP contribution in [0.1, 0.15) is 50.8 Å². The summed E-state index contributed by atoms with van der Waals surface area (Å²) < 4.78 is 0. The lowest BCUT2D eigenvalue weighted by Crippen LogP contribution is -2.01. The van der Waals surface area contributed by atoms with Crippen molar-refractivity contribution in [2.45, 2.75) is 40.5 Å². The van der Waals surface area contributed by atoms with E-state index >= 15 is 0 Å². The molecule has 0 aliphatic rings. The molecule has 124 valence electrons. The Balaban J connectivity index is 2.19. The molecule has 0 fully saturated rings. The van der Waals surface area contributed by atoms with Crippen molar-refractivity contribution in [1.82, 2.24) is 9.97 Å². The van der Waals surface area contributed by atoms with Gasteiger partial charge in [0.2, 0.25) is 0 Å². The normalized spacial score (nSPS) is 11.2. The Morgan fingerprint density at radius 1 is 1.12 bits per heavy atom. The topological polar surface area (TPSA) is 66.0 Å². The molecule has 0 unspecified atom stereocenters. The summed E-state index contributed by atoms with van der Waals surface area (Å²) in [5, 5.41) is 10.2. The van der Waals surface area contributed by atoms with Gasteiger partial charge in [0.1, 0.15) is 11.3 Å². The van der Waals surface area contributed by atoms with Crippen LogP contribution in [0.3, 0.4) is 0 Å². The van der Waals surface area contributed by atoms with E-state index in [1.807, 2.05) is 6.20 Å². The number of nitrogens with one attached hydrogen (secondary N) is 1. The van der Waals surface area contributed by atoms with Gasteiger partial charge in [0.25, 0.3) is 0 Å². The molecule has 0 amide bonds. The number of hydrogen-bond acceptors (Lipinski definition) is 2. The number of aromatic amines is 1. The Morgan fingerprint density at radius 2 is 1.79 bits per heavy atom. The number of aromatic nitrogens is 2. The van der Waals surface area contributed by atoms with E-state index < -0.39 is 5.97 Å². The summed E-state index contributed by atoms with van der Waals surface area (Å²) in [5.74, 6) is -0.959. The van der Waals surface area contributed by atoms with Gasteiger partial charge in [-0.05, 0) is 67.5 Å². The van der Waals surface area contributed by atoms with Gasteiger partial charge >= 0.3 is 5.97 Å². The van der Waals surface area contributed by atoms with Gasteiger partial charge in [-0.2, -0.15) is 0 Å². The number of hydrogen-bond donors (Lipinski definition) is 2. The monoisotopic (exact) mass is 322 g/mol. The second-order valence-corrected chi connectivity index (χ2v) is 6.42. The number of nitrogens with zero attached hydrogens (tertiary/aromatic N) is 1. The van der Waals surface area contributed by atoms with Gasteiger partial charge in [0.05, 0.1) is 0 Å². The summed E-state index contributed by atoms with van der Waals surface area (Å²) in [4.78, 5) is 18.6. The molecule has 0 radical (unpaired) electrons. The standard InChI is InChI=1S/C20H22N2O2/c1-5-14-10-21-19-17(9-18(22-19)20(23)24)16(14)8-15-12(3)6-11(2)7-13(15)4/h6-7,9-10H,5,8H2,1-4H3,(H,21,22)(H,23,24). The SMILES string of the molecule is CCc1cnc2[nH]c(C(=O)O)cc2c1Cc1c(C)cc(C)cc1C. The maximum absolute atomic E-state index is 11.3. The van der Waals surface area contributed by atoms with Crippen LogP contribution in [0.4, 0.5) is 0 Å². The zero-order valence-electron chi connectivity index (χ0n) is 14.5. The van der Waals surface area contributed by atoms with Crippen molar-refractivity contribution in [2.24, 2.45) is 0 Å². The van der Waals surface area contributed by atoms with Crippen molar-refractivity contribution in [1.29, 1.82) is 0 Å². The van der Waals surface area contributed by atoms with Crippen molar-refractivity contribution >= 4 is 17.0 Å². The third-order valence-corrected chi connectivity index (χ3v) is 4.66. The first-order chi connectivity index (χ1) is 11.4. The Morgan fingerprint density at radius 3 is 2.38 bits per heavy atom. The predicted octanol–water partition coefficient (Wildman–Crippen LogP) is 4.34. The smallest absolute Gasteiger partial charge is 0.352 e. The molecule has 3 aromatic rings. The van der Waals surface area contributed by atoms with Gasteiger partial charge in [0.15, 0.2) is 0 Å². The molecule has 1 aromatic carbocycles. The lowest BCUT2D eigenvalue weighted by molar-refractivity contribution is 0.0691. The van der Waals surface area contributed by atoms with Crippen LogP contribution in [-0.4, -0.2) is 21.0 Å². The van der Waals surface area contributed by atoms with Gasteiger partial charge in [-0.3, -0.25) is 0 Å². The number of carboxylic acids is 1. The van der Waals surface area contributed by atoms with Gasteiger partial charge in [-0.15, -0.1) is 0 Å². The maximum Gasteiger partial charge on any atom is 0.352 e. The van der Waals surface area contributed by atoms with Crippen molar-refractivity contribution in [3.8, 4) is 0 Å². The lowest BCUT2D eigenvalue weighted by atomic mass is 9.91. The summed E-state index contributed by atoms with van der Waals surface area (Å²) in [6.45, 7) is 8.49. The highest BCUT2D eigenvalue weighted by molar-refractivity contribution is 5.94. The van der Waals surface area contributed by atoms with E-state index in [2.05, 4.69) is 49.8 Å². The van der Waals surface area contributed by atoms with Crippen LogP contribution < -0.4 is 0 Å². The van der Waals surface area contributed by atoms with Crippen LogP contribution in [0.15, 0.2) is 24.4 Å². The minimum Gasteiger partial charge on any atom is -0.477 e. The van der Waals surface area contributed by atoms with E-state index in [1.165, 1.54) is 27.8 Å². The van der Waals surface area contributed by atoms with Gasteiger partial charge in [-0.1, -0.05) is 24.6 Å². The van der Waals surface area contributed by atoms with Crippen molar-refractivity contribution in [3.05, 3.63) is 63.5 Å². The molecule has 2 N–H and O–H groups in total.